The molecule has 0 aromatic carbocycles. The van der Waals surface area contributed by atoms with Crippen LogP contribution in [0.25, 0.3) is 0 Å². The lowest BCUT2D eigenvalue weighted by Gasteiger charge is -2.03. The van der Waals surface area contributed by atoms with Gasteiger partial charge >= 0.3 is 0 Å². The van der Waals surface area contributed by atoms with Gasteiger partial charge < -0.3 is 31.3 Å². The van der Waals surface area contributed by atoms with Crippen molar-refractivity contribution >= 4 is 24.0 Å². The van der Waals surface area contributed by atoms with Gasteiger partial charge in [-0.05, 0) is 41.5 Å². The summed E-state index contributed by atoms with van der Waals surface area (Å²) in [4.78, 5) is 15.4. The molecule has 0 radical (unpaired) electrons. The zero-order chi connectivity index (χ0) is 23.8. The van der Waals surface area contributed by atoms with Gasteiger partial charge in [-0.2, -0.15) is 0 Å². The maximum Gasteiger partial charge on any atom is 0.105 e. The van der Waals surface area contributed by atoms with E-state index >= 15 is 0 Å². The molecule has 7 N–H and O–H groups in total. The van der Waals surface area contributed by atoms with E-state index in [0.717, 1.165) is 42.0 Å². The monoisotopic (exact) mass is 505 g/mol. The molecular weight excluding hydrogens is 461 g/mol. The van der Waals surface area contributed by atoms with Gasteiger partial charge in [0.15, 0.2) is 0 Å². The second-order valence-corrected chi connectivity index (χ2v) is 7.31. The van der Waals surface area contributed by atoms with Gasteiger partial charge in [0.1, 0.15) is 17.5 Å². The van der Waals surface area contributed by atoms with Gasteiger partial charge in [0.05, 0.1) is 5.69 Å². The summed E-state index contributed by atoms with van der Waals surface area (Å²) >= 11 is 5.06. The minimum absolute atomic E-state index is 0. The van der Waals surface area contributed by atoms with Crippen molar-refractivity contribution < 1.29 is 0 Å². The molecule has 3 heterocycles. The fourth-order valence-corrected chi connectivity index (χ4v) is 2.62. The van der Waals surface area contributed by atoms with Crippen molar-refractivity contribution in [3.8, 4) is 0 Å². The Hall–Kier alpha value is -1.91. The molecule has 3 aromatic heterocycles. The summed E-state index contributed by atoms with van der Waals surface area (Å²) in [7, 11) is 0. The molecule has 3 aromatic rings. The first kappa shape index (κ1) is 35.7. The van der Waals surface area contributed by atoms with Crippen molar-refractivity contribution in [2.45, 2.75) is 62.1 Å². The molecule has 0 saturated heterocycles. The van der Waals surface area contributed by atoms with E-state index in [-0.39, 0.29) is 19.8 Å². The average molecular weight is 507 g/mol. The zero-order valence-corrected chi connectivity index (χ0v) is 21.8. The standard InChI is InChI=1S/2C7H13N3.C5H8N2.C2H6ClN.CH4.ClH/c1-6-5-10(4-3-8)7(2)9-6;1-6-5-9-7(2)10(6)4-3-8;1-4-3-6-5(2)7-4;3-1-2-4;;/h2*5H,3-4,8H2,1-2H3;3H,1-2H3,(H,6,7);1-2,4H2;1H4;1H. The van der Waals surface area contributed by atoms with Gasteiger partial charge in [0, 0.05) is 68.6 Å². The zero-order valence-electron chi connectivity index (χ0n) is 20.2. The van der Waals surface area contributed by atoms with Gasteiger partial charge in [-0.15, -0.1) is 24.0 Å². The Kier molecular flexibility index (Phi) is 22.4. The van der Waals surface area contributed by atoms with Crippen LogP contribution < -0.4 is 17.2 Å². The third-order valence-corrected chi connectivity index (χ3v) is 4.23. The molecule has 0 atom stereocenters. The highest BCUT2D eigenvalue weighted by Gasteiger charge is 1.99. The highest BCUT2D eigenvalue weighted by atomic mass is 35.5. The van der Waals surface area contributed by atoms with E-state index in [1.807, 2.05) is 60.1 Å². The van der Waals surface area contributed by atoms with Gasteiger partial charge in [-0.1, -0.05) is 7.43 Å². The summed E-state index contributed by atoms with van der Waals surface area (Å²) in [6.45, 7) is 15.6. The molecule has 0 fully saturated rings. The van der Waals surface area contributed by atoms with Crippen LogP contribution >= 0.6 is 24.0 Å². The fourth-order valence-electron chi connectivity index (χ4n) is 2.62. The van der Waals surface area contributed by atoms with Gasteiger partial charge in [0.25, 0.3) is 0 Å². The molecule has 3 rings (SSSR count). The van der Waals surface area contributed by atoms with Crippen molar-refractivity contribution in [2.24, 2.45) is 17.2 Å². The molecule has 11 heteroatoms. The normalized spacial score (nSPS) is 9.15. The van der Waals surface area contributed by atoms with E-state index in [0.29, 0.717) is 25.5 Å². The van der Waals surface area contributed by atoms with E-state index in [2.05, 4.69) is 29.1 Å². The molecule has 0 unspecified atom stereocenters. The largest absolute Gasteiger partial charge is 0.346 e. The number of hydrogen-bond donors (Lipinski definition) is 4. The van der Waals surface area contributed by atoms with Crippen molar-refractivity contribution in [1.29, 1.82) is 0 Å². The Morgan fingerprint density at radius 3 is 1.73 bits per heavy atom. The number of rotatable bonds is 5. The molecule has 0 aliphatic rings. The van der Waals surface area contributed by atoms with Crippen LogP contribution in [0.5, 0.6) is 0 Å². The molecule has 0 aliphatic carbocycles. The maximum atomic E-state index is 5.41. The second kappa shape index (κ2) is 20.7. The number of H-pyrrole nitrogens is 1. The average Bonchev–Trinajstić information content (AvgIpc) is 3.37. The predicted molar refractivity (Wildman–Crippen MR) is 143 cm³/mol. The summed E-state index contributed by atoms with van der Waals surface area (Å²) in [5, 5.41) is 0. The number of nitrogens with zero attached hydrogens (tertiary/aromatic N) is 5. The highest BCUT2D eigenvalue weighted by molar-refractivity contribution is 6.18. The number of hydrogen-bond acceptors (Lipinski definition) is 6. The summed E-state index contributed by atoms with van der Waals surface area (Å²) in [6, 6.07) is 0. The SMILES string of the molecule is C.Cc1cn(CCN)c(C)n1.Cc1cnc(C)[nH]1.Cc1cnc(C)n1CCN.Cl.NCCCl. The van der Waals surface area contributed by atoms with Crippen LogP contribution in [0.3, 0.4) is 0 Å². The lowest BCUT2D eigenvalue weighted by molar-refractivity contribution is 0.667. The van der Waals surface area contributed by atoms with E-state index in [1.54, 1.807) is 0 Å². The number of aromatic amines is 1. The summed E-state index contributed by atoms with van der Waals surface area (Å²) in [6.07, 6.45) is 5.70. The lowest BCUT2D eigenvalue weighted by Crippen LogP contribution is -2.12. The van der Waals surface area contributed by atoms with Crippen LogP contribution in [0.15, 0.2) is 18.6 Å². The van der Waals surface area contributed by atoms with Gasteiger partial charge in [-0.25, -0.2) is 15.0 Å². The number of alkyl halides is 1. The topological polar surface area (TPSA) is 142 Å². The van der Waals surface area contributed by atoms with Crippen molar-refractivity contribution in [3.05, 3.63) is 53.1 Å². The molecule has 0 bridgehead atoms. The molecule has 33 heavy (non-hydrogen) atoms. The van der Waals surface area contributed by atoms with E-state index in [4.69, 9.17) is 28.8 Å². The first-order chi connectivity index (χ1) is 14.7. The summed E-state index contributed by atoms with van der Waals surface area (Å²) in [5.41, 5.74) is 19.1. The molecule has 0 aliphatic heterocycles. The summed E-state index contributed by atoms with van der Waals surface area (Å²) in [5.74, 6) is 3.64. The van der Waals surface area contributed by atoms with Gasteiger partial charge in [0.2, 0.25) is 0 Å². The molecule has 0 saturated carbocycles. The Labute approximate surface area is 210 Å². The van der Waals surface area contributed by atoms with Crippen molar-refractivity contribution in [2.75, 3.05) is 25.5 Å². The third kappa shape index (κ3) is 15.5. The van der Waals surface area contributed by atoms with Crippen LogP contribution in [0.2, 0.25) is 0 Å². The number of imidazole rings is 3. The molecule has 192 valence electrons. The fraction of sp³-hybridized carbons (Fsp3) is 0.591. The van der Waals surface area contributed by atoms with Crippen LogP contribution in [-0.2, 0) is 13.1 Å². The van der Waals surface area contributed by atoms with Crippen molar-refractivity contribution in [3.63, 3.8) is 0 Å². The lowest BCUT2D eigenvalue weighted by atomic mass is 10.5. The van der Waals surface area contributed by atoms with Crippen molar-refractivity contribution in [1.82, 2.24) is 29.1 Å². The third-order valence-electron chi connectivity index (χ3n) is 4.01. The minimum Gasteiger partial charge on any atom is -0.346 e. The summed E-state index contributed by atoms with van der Waals surface area (Å²) < 4.78 is 4.18. The Morgan fingerprint density at radius 1 is 0.879 bits per heavy atom. The first-order valence-electron chi connectivity index (χ1n) is 10.3. The van der Waals surface area contributed by atoms with E-state index < -0.39 is 0 Å². The van der Waals surface area contributed by atoms with E-state index in [1.165, 1.54) is 5.69 Å². The highest BCUT2D eigenvalue weighted by Crippen LogP contribution is 2.01. The molecule has 0 spiro atoms. The van der Waals surface area contributed by atoms with Crippen LogP contribution in [-0.4, -0.2) is 54.6 Å². The first-order valence-corrected chi connectivity index (χ1v) is 10.9. The Morgan fingerprint density at radius 2 is 1.45 bits per heavy atom. The molecule has 0 amide bonds. The minimum atomic E-state index is 0. The number of aryl methyl sites for hydroxylation is 6. The quantitative estimate of drug-likeness (QED) is 0.392. The van der Waals surface area contributed by atoms with Crippen LogP contribution in [0.4, 0.5) is 0 Å². The Balaban J connectivity index is -0.000000373. The smallest absolute Gasteiger partial charge is 0.105 e. The van der Waals surface area contributed by atoms with Crippen LogP contribution in [0, 0.1) is 41.5 Å². The van der Waals surface area contributed by atoms with Gasteiger partial charge in [-0.3, -0.25) is 0 Å². The number of aromatic nitrogens is 6. The second-order valence-electron chi connectivity index (χ2n) is 6.93. The Bertz CT molecular complexity index is 803. The molecule has 9 nitrogen and oxygen atoms in total. The molecular formula is C22H45Cl2N9. The van der Waals surface area contributed by atoms with E-state index in [9.17, 15) is 0 Å². The maximum absolute atomic E-state index is 5.41. The number of halogens is 2. The number of nitrogens with two attached hydrogens (primary N) is 3. The van der Waals surface area contributed by atoms with Crippen LogP contribution in [0.1, 0.15) is 42.0 Å². The predicted octanol–water partition coefficient (Wildman–Crippen LogP) is 3.19. The number of nitrogens with one attached hydrogen (secondary N) is 1.